The summed E-state index contributed by atoms with van der Waals surface area (Å²) < 4.78 is 5.89. The molecule has 2 N–H and O–H groups in total. The van der Waals surface area contributed by atoms with Crippen molar-refractivity contribution in [2.24, 2.45) is 11.7 Å². The van der Waals surface area contributed by atoms with Crippen LogP contribution in [0.25, 0.3) is 0 Å². The quantitative estimate of drug-likeness (QED) is 0.840. The minimum absolute atomic E-state index is 0.204. The molecule has 2 aliphatic heterocycles. The van der Waals surface area contributed by atoms with Crippen LogP contribution in [0.5, 0.6) is 0 Å². The van der Waals surface area contributed by atoms with Gasteiger partial charge in [0.05, 0.1) is 12.2 Å². The van der Waals surface area contributed by atoms with Crippen LogP contribution in [0.4, 0.5) is 0 Å². The Kier molecular flexibility index (Phi) is 4.68. The monoisotopic (exact) mass is 254 g/mol. The second-order valence-corrected chi connectivity index (χ2v) is 6.43. The number of nitrogens with zero attached hydrogens (tertiary/aromatic N) is 1. The van der Waals surface area contributed by atoms with Gasteiger partial charge in [0.2, 0.25) is 0 Å². The van der Waals surface area contributed by atoms with Gasteiger partial charge in [-0.2, -0.15) is 0 Å². The van der Waals surface area contributed by atoms with Crippen molar-refractivity contribution < 1.29 is 4.74 Å². The molecule has 0 amide bonds. The number of hydrogen-bond acceptors (Lipinski definition) is 3. The normalized spacial score (nSPS) is 40.0. The summed E-state index contributed by atoms with van der Waals surface area (Å²) in [4.78, 5) is 2.68. The number of nitrogens with two attached hydrogens (primary N) is 1. The molecule has 3 nitrogen and oxygen atoms in total. The molecule has 0 aliphatic carbocycles. The highest BCUT2D eigenvalue weighted by molar-refractivity contribution is 4.98. The molecule has 0 aromatic carbocycles. The Bertz CT molecular complexity index is 251. The van der Waals surface area contributed by atoms with E-state index in [0.29, 0.717) is 12.2 Å². The van der Waals surface area contributed by atoms with Crippen LogP contribution in [-0.4, -0.2) is 42.3 Å². The fourth-order valence-electron chi connectivity index (χ4n) is 4.02. The van der Waals surface area contributed by atoms with Gasteiger partial charge in [0.15, 0.2) is 0 Å². The molecule has 0 spiro atoms. The smallest absolute Gasteiger partial charge is 0.0568 e. The van der Waals surface area contributed by atoms with E-state index in [1.165, 1.54) is 32.4 Å². The van der Waals surface area contributed by atoms with Gasteiger partial charge >= 0.3 is 0 Å². The SMILES string of the molecule is CCC1CCN(C2(CN)CC(C)OC(C)C2)CC1. The van der Waals surface area contributed by atoms with Crippen molar-refractivity contribution in [1.82, 2.24) is 4.90 Å². The lowest BCUT2D eigenvalue weighted by Crippen LogP contribution is -2.61. The van der Waals surface area contributed by atoms with Crippen LogP contribution < -0.4 is 5.73 Å². The predicted octanol–water partition coefficient (Wildman–Crippen LogP) is 2.39. The summed E-state index contributed by atoms with van der Waals surface area (Å²) in [6, 6.07) is 0. The molecule has 0 aromatic rings. The molecule has 2 saturated heterocycles. The van der Waals surface area contributed by atoms with E-state index in [2.05, 4.69) is 25.7 Å². The Labute approximate surface area is 112 Å². The molecule has 0 radical (unpaired) electrons. The van der Waals surface area contributed by atoms with Gasteiger partial charge in [-0.15, -0.1) is 0 Å². The zero-order chi connectivity index (χ0) is 13.2. The van der Waals surface area contributed by atoms with E-state index in [9.17, 15) is 0 Å². The van der Waals surface area contributed by atoms with Crippen LogP contribution in [0, 0.1) is 5.92 Å². The van der Waals surface area contributed by atoms with Crippen molar-refractivity contribution in [3.8, 4) is 0 Å². The zero-order valence-corrected chi connectivity index (χ0v) is 12.3. The first-order chi connectivity index (χ1) is 8.59. The van der Waals surface area contributed by atoms with Gasteiger partial charge in [0.1, 0.15) is 0 Å². The largest absolute Gasteiger partial charge is 0.375 e. The third kappa shape index (κ3) is 2.89. The van der Waals surface area contributed by atoms with Gasteiger partial charge in [-0.05, 0) is 58.5 Å². The summed E-state index contributed by atoms with van der Waals surface area (Å²) in [5.74, 6) is 0.936. The van der Waals surface area contributed by atoms with Gasteiger partial charge in [0.25, 0.3) is 0 Å². The average Bonchev–Trinajstić information content (AvgIpc) is 2.37. The summed E-state index contributed by atoms with van der Waals surface area (Å²) in [7, 11) is 0. The third-order valence-electron chi connectivity index (χ3n) is 5.04. The Hall–Kier alpha value is -0.120. The van der Waals surface area contributed by atoms with Gasteiger partial charge in [-0.1, -0.05) is 13.3 Å². The molecule has 2 unspecified atom stereocenters. The first kappa shape index (κ1) is 14.3. The van der Waals surface area contributed by atoms with Crippen molar-refractivity contribution in [3.05, 3.63) is 0 Å². The second-order valence-electron chi connectivity index (χ2n) is 6.43. The number of piperidine rings is 1. The molecule has 0 bridgehead atoms. The van der Waals surface area contributed by atoms with Crippen molar-refractivity contribution in [2.75, 3.05) is 19.6 Å². The van der Waals surface area contributed by atoms with E-state index >= 15 is 0 Å². The molecule has 0 saturated carbocycles. The molecule has 2 aliphatic rings. The standard InChI is InChI=1S/C15H30N2O/c1-4-14-5-7-17(8-6-14)15(11-16)9-12(2)18-13(3)10-15/h12-14H,4-11,16H2,1-3H3. The van der Waals surface area contributed by atoms with Gasteiger partial charge in [-0.25, -0.2) is 0 Å². The third-order valence-corrected chi connectivity index (χ3v) is 5.04. The van der Waals surface area contributed by atoms with Crippen LogP contribution >= 0.6 is 0 Å². The van der Waals surface area contributed by atoms with Crippen LogP contribution in [-0.2, 0) is 4.74 Å². The average molecular weight is 254 g/mol. The van der Waals surface area contributed by atoms with Gasteiger partial charge in [0, 0.05) is 12.1 Å². The summed E-state index contributed by atoms with van der Waals surface area (Å²) in [5, 5.41) is 0. The predicted molar refractivity (Wildman–Crippen MR) is 75.6 cm³/mol. The lowest BCUT2D eigenvalue weighted by molar-refractivity contribution is -0.109. The summed E-state index contributed by atoms with van der Waals surface area (Å²) >= 11 is 0. The number of ether oxygens (including phenoxy) is 1. The van der Waals surface area contributed by atoms with E-state index < -0.39 is 0 Å². The van der Waals surface area contributed by atoms with Crippen molar-refractivity contribution in [2.45, 2.75) is 70.6 Å². The van der Waals surface area contributed by atoms with Crippen LogP contribution in [0.2, 0.25) is 0 Å². The minimum atomic E-state index is 0.204. The molecule has 2 fully saturated rings. The fourth-order valence-corrected chi connectivity index (χ4v) is 4.02. The van der Waals surface area contributed by atoms with Gasteiger partial charge < -0.3 is 10.5 Å². The highest BCUT2D eigenvalue weighted by Crippen LogP contribution is 2.36. The second kappa shape index (κ2) is 5.89. The molecule has 2 rings (SSSR count). The highest BCUT2D eigenvalue weighted by Gasteiger charge is 2.43. The molecule has 0 aromatic heterocycles. The molecule has 2 atom stereocenters. The van der Waals surface area contributed by atoms with Crippen LogP contribution in [0.15, 0.2) is 0 Å². The van der Waals surface area contributed by atoms with Crippen molar-refractivity contribution in [1.29, 1.82) is 0 Å². The van der Waals surface area contributed by atoms with E-state index in [0.717, 1.165) is 25.3 Å². The number of hydrogen-bond donors (Lipinski definition) is 1. The summed E-state index contributed by atoms with van der Waals surface area (Å²) in [5.41, 5.74) is 6.37. The minimum Gasteiger partial charge on any atom is -0.375 e. The molecule has 18 heavy (non-hydrogen) atoms. The lowest BCUT2D eigenvalue weighted by Gasteiger charge is -2.51. The highest BCUT2D eigenvalue weighted by atomic mass is 16.5. The Balaban J connectivity index is 2.03. The van der Waals surface area contributed by atoms with E-state index in [-0.39, 0.29) is 5.54 Å². The summed E-state index contributed by atoms with van der Waals surface area (Å²) in [6.45, 7) is 9.95. The first-order valence-corrected chi connectivity index (χ1v) is 7.70. The fraction of sp³-hybridized carbons (Fsp3) is 1.00. The molecular formula is C15H30N2O. The zero-order valence-electron chi connectivity index (χ0n) is 12.3. The molecule has 2 heterocycles. The number of likely N-dealkylation sites (tertiary alicyclic amines) is 1. The van der Waals surface area contributed by atoms with E-state index in [1.807, 2.05) is 0 Å². The lowest BCUT2D eigenvalue weighted by atomic mass is 9.80. The molecule has 3 heteroatoms. The Morgan fingerprint density at radius 1 is 1.17 bits per heavy atom. The van der Waals surface area contributed by atoms with Crippen LogP contribution in [0.3, 0.4) is 0 Å². The summed E-state index contributed by atoms with van der Waals surface area (Å²) in [6.07, 6.45) is 6.93. The van der Waals surface area contributed by atoms with Crippen molar-refractivity contribution >= 4 is 0 Å². The van der Waals surface area contributed by atoms with E-state index in [4.69, 9.17) is 10.5 Å². The maximum Gasteiger partial charge on any atom is 0.0568 e. The molecule has 106 valence electrons. The van der Waals surface area contributed by atoms with Crippen LogP contribution in [0.1, 0.15) is 52.9 Å². The van der Waals surface area contributed by atoms with E-state index in [1.54, 1.807) is 0 Å². The van der Waals surface area contributed by atoms with Gasteiger partial charge in [-0.3, -0.25) is 4.90 Å². The topological polar surface area (TPSA) is 38.5 Å². The molecular weight excluding hydrogens is 224 g/mol. The Morgan fingerprint density at radius 3 is 2.17 bits per heavy atom. The first-order valence-electron chi connectivity index (χ1n) is 7.70. The van der Waals surface area contributed by atoms with Crippen molar-refractivity contribution in [3.63, 3.8) is 0 Å². The number of rotatable bonds is 3. The maximum absolute atomic E-state index is 6.16. The Morgan fingerprint density at radius 2 is 1.72 bits per heavy atom. The maximum atomic E-state index is 6.16.